The molecule has 0 amide bonds. The lowest BCUT2D eigenvalue weighted by Crippen LogP contribution is -2.41. The number of hydrogen-bond acceptors (Lipinski definition) is 4. The lowest BCUT2D eigenvalue weighted by molar-refractivity contribution is -0.299. The second-order valence-electron chi connectivity index (χ2n) is 5.24. The molecule has 0 heterocycles. The standard InChI is InChI=1S/C10H22O4/c1-9(2,3)13-7(11)8(12)14-10(4,5)6/h7-8,11-12H,1-6H3. The van der Waals surface area contributed by atoms with Gasteiger partial charge in [-0.1, -0.05) is 0 Å². The van der Waals surface area contributed by atoms with E-state index in [1.807, 2.05) is 0 Å². The molecule has 2 unspecified atom stereocenters. The molecule has 0 fully saturated rings. The molecular formula is C10H22O4. The van der Waals surface area contributed by atoms with Crippen molar-refractivity contribution >= 4 is 0 Å². The summed E-state index contributed by atoms with van der Waals surface area (Å²) in [5.74, 6) is 0. The van der Waals surface area contributed by atoms with Crippen LogP contribution in [-0.2, 0) is 9.47 Å². The normalized spacial score (nSPS) is 18.0. The molecule has 14 heavy (non-hydrogen) atoms. The van der Waals surface area contributed by atoms with Crippen LogP contribution >= 0.6 is 0 Å². The van der Waals surface area contributed by atoms with Gasteiger partial charge in [0, 0.05) is 0 Å². The van der Waals surface area contributed by atoms with Gasteiger partial charge < -0.3 is 19.7 Å². The first-order chi connectivity index (χ1) is 6.01. The summed E-state index contributed by atoms with van der Waals surface area (Å²) in [4.78, 5) is 0. The van der Waals surface area contributed by atoms with Crippen LogP contribution in [0.15, 0.2) is 0 Å². The molecule has 0 bridgehead atoms. The van der Waals surface area contributed by atoms with Gasteiger partial charge in [0.25, 0.3) is 0 Å². The van der Waals surface area contributed by atoms with E-state index >= 15 is 0 Å². The number of aliphatic hydroxyl groups excluding tert-OH is 2. The van der Waals surface area contributed by atoms with E-state index in [1.165, 1.54) is 0 Å². The lowest BCUT2D eigenvalue weighted by atomic mass is 10.2. The molecule has 0 aromatic carbocycles. The highest BCUT2D eigenvalue weighted by molar-refractivity contribution is 4.65. The highest BCUT2D eigenvalue weighted by Gasteiger charge is 2.27. The molecule has 4 heteroatoms. The summed E-state index contributed by atoms with van der Waals surface area (Å²) in [5.41, 5.74) is -1.02. The molecule has 0 aromatic heterocycles. The first kappa shape index (κ1) is 13.8. The Labute approximate surface area is 85.8 Å². The number of aliphatic hydroxyl groups is 2. The van der Waals surface area contributed by atoms with E-state index in [1.54, 1.807) is 41.5 Å². The first-order valence-electron chi connectivity index (χ1n) is 4.73. The Morgan fingerprint density at radius 2 is 0.929 bits per heavy atom. The van der Waals surface area contributed by atoms with Crippen molar-refractivity contribution < 1.29 is 19.7 Å². The van der Waals surface area contributed by atoms with Crippen LogP contribution in [0, 0.1) is 0 Å². The van der Waals surface area contributed by atoms with Crippen LogP contribution in [0.1, 0.15) is 41.5 Å². The Morgan fingerprint density at radius 1 is 0.714 bits per heavy atom. The molecule has 0 aliphatic rings. The van der Waals surface area contributed by atoms with Gasteiger partial charge in [0.1, 0.15) is 0 Å². The first-order valence-corrected chi connectivity index (χ1v) is 4.73. The van der Waals surface area contributed by atoms with E-state index in [2.05, 4.69) is 0 Å². The van der Waals surface area contributed by atoms with Gasteiger partial charge in [-0.2, -0.15) is 0 Å². The van der Waals surface area contributed by atoms with Crippen molar-refractivity contribution in [3.8, 4) is 0 Å². The van der Waals surface area contributed by atoms with E-state index in [0.717, 1.165) is 0 Å². The zero-order valence-electron chi connectivity index (χ0n) is 9.87. The number of rotatable bonds is 3. The SMILES string of the molecule is CC(C)(C)OC(O)C(O)OC(C)(C)C. The van der Waals surface area contributed by atoms with Crippen molar-refractivity contribution in [2.24, 2.45) is 0 Å². The molecule has 0 spiro atoms. The minimum Gasteiger partial charge on any atom is -0.364 e. The maximum Gasteiger partial charge on any atom is 0.207 e. The molecule has 2 N–H and O–H groups in total. The van der Waals surface area contributed by atoms with Crippen molar-refractivity contribution in [3.05, 3.63) is 0 Å². The van der Waals surface area contributed by atoms with Crippen molar-refractivity contribution in [3.63, 3.8) is 0 Å². The van der Waals surface area contributed by atoms with E-state index in [9.17, 15) is 10.2 Å². The van der Waals surface area contributed by atoms with E-state index < -0.39 is 23.8 Å². The molecule has 0 aliphatic heterocycles. The Kier molecular flexibility index (Phi) is 4.52. The molecule has 0 radical (unpaired) electrons. The average Bonchev–Trinajstić information content (AvgIpc) is 1.78. The second-order valence-corrected chi connectivity index (χ2v) is 5.24. The van der Waals surface area contributed by atoms with Gasteiger partial charge in [-0.25, -0.2) is 0 Å². The van der Waals surface area contributed by atoms with Gasteiger partial charge >= 0.3 is 0 Å². The zero-order valence-corrected chi connectivity index (χ0v) is 9.87. The molecule has 86 valence electrons. The van der Waals surface area contributed by atoms with Gasteiger partial charge in [-0.3, -0.25) is 0 Å². The van der Waals surface area contributed by atoms with E-state index in [-0.39, 0.29) is 0 Å². The van der Waals surface area contributed by atoms with Crippen molar-refractivity contribution in [1.82, 2.24) is 0 Å². The molecule has 0 aliphatic carbocycles. The minimum atomic E-state index is -1.32. The topological polar surface area (TPSA) is 58.9 Å². The van der Waals surface area contributed by atoms with Crippen LogP contribution in [0.2, 0.25) is 0 Å². The van der Waals surface area contributed by atoms with Crippen LogP contribution in [0.25, 0.3) is 0 Å². The fourth-order valence-corrected chi connectivity index (χ4v) is 0.841. The monoisotopic (exact) mass is 206 g/mol. The van der Waals surface area contributed by atoms with Gasteiger partial charge in [-0.15, -0.1) is 0 Å². The molecular weight excluding hydrogens is 184 g/mol. The highest BCUT2D eigenvalue weighted by Crippen LogP contribution is 2.16. The predicted octanol–water partition coefficient (Wildman–Crippen LogP) is 1.25. The summed E-state index contributed by atoms with van der Waals surface area (Å²) in [7, 11) is 0. The van der Waals surface area contributed by atoms with Gasteiger partial charge in [0.2, 0.25) is 12.6 Å². The van der Waals surface area contributed by atoms with Crippen molar-refractivity contribution in [2.75, 3.05) is 0 Å². The van der Waals surface area contributed by atoms with Crippen LogP contribution in [-0.4, -0.2) is 34.0 Å². The average molecular weight is 206 g/mol. The third-order valence-electron chi connectivity index (χ3n) is 1.19. The summed E-state index contributed by atoms with van der Waals surface area (Å²) in [6, 6.07) is 0. The largest absolute Gasteiger partial charge is 0.364 e. The Hall–Kier alpha value is -0.160. The fourth-order valence-electron chi connectivity index (χ4n) is 0.841. The van der Waals surface area contributed by atoms with E-state index in [0.29, 0.717) is 0 Å². The molecule has 2 atom stereocenters. The second kappa shape index (κ2) is 4.57. The Balaban J connectivity index is 4.07. The Bertz CT molecular complexity index is 146. The summed E-state index contributed by atoms with van der Waals surface area (Å²) in [6.45, 7) is 10.8. The van der Waals surface area contributed by atoms with Crippen LogP contribution < -0.4 is 0 Å². The highest BCUT2D eigenvalue weighted by atomic mass is 16.7. The maximum absolute atomic E-state index is 9.42. The van der Waals surface area contributed by atoms with Crippen molar-refractivity contribution in [2.45, 2.75) is 65.3 Å². The summed E-state index contributed by atoms with van der Waals surface area (Å²) < 4.78 is 10.3. The number of hydrogen-bond donors (Lipinski definition) is 2. The van der Waals surface area contributed by atoms with Crippen LogP contribution in [0.4, 0.5) is 0 Å². The molecule has 0 saturated heterocycles. The van der Waals surface area contributed by atoms with Crippen LogP contribution in [0.3, 0.4) is 0 Å². The summed E-state index contributed by atoms with van der Waals surface area (Å²) in [6.07, 6.45) is -2.65. The lowest BCUT2D eigenvalue weighted by Gasteiger charge is -2.30. The Morgan fingerprint density at radius 3 is 1.07 bits per heavy atom. The molecule has 0 saturated carbocycles. The zero-order chi connectivity index (χ0) is 11.6. The van der Waals surface area contributed by atoms with E-state index in [4.69, 9.17) is 9.47 Å². The molecule has 0 rings (SSSR count). The third kappa shape index (κ3) is 7.26. The summed E-state index contributed by atoms with van der Waals surface area (Å²) >= 11 is 0. The predicted molar refractivity (Wildman–Crippen MR) is 53.7 cm³/mol. The van der Waals surface area contributed by atoms with Gasteiger partial charge in [0.15, 0.2) is 0 Å². The number of ether oxygens (including phenoxy) is 2. The maximum atomic E-state index is 9.42. The van der Waals surface area contributed by atoms with Crippen LogP contribution in [0.5, 0.6) is 0 Å². The van der Waals surface area contributed by atoms with Crippen molar-refractivity contribution in [1.29, 1.82) is 0 Å². The minimum absolute atomic E-state index is 0.512. The fraction of sp³-hybridized carbons (Fsp3) is 1.00. The molecule has 4 nitrogen and oxygen atoms in total. The third-order valence-corrected chi connectivity index (χ3v) is 1.19. The van der Waals surface area contributed by atoms with Gasteiger partial charge in [-0.05, 0) is 41.5 Å². The summed E-state index contributed by atoms with van der Waals surface area (Å²) in [5, 5.41) is 18.8. The van der Waals surface area contributed by atoms with Gasteiger partial charge in [0.05, 0.1) is 11.2 Å². The quantitative estimate of drug-likeness (QED) is 0.682. The molecule has 0 aromatic rings. The smallest absolute Gasteiger partial charge is 0.207 e.